The average molecular weight is 263 g/mol. The van der Waals surface area contributed by atoms with E-state index in [1.54, 1.807) is 6.07 Å². The van der Waals surface area contributed by atoms with Crippen LogP contribution in [-0.4, -0.2) is 41.5 Å². The van der Waals surface area contributed by atoms with Gasteiger partial charge < -0.3 is 15.2 Å². The Morgan fingerprint density at radius 1 is 1.58 bits per heavy atom. The van der Waals surface area contributed by atoms with Gasteiger partial charge in [-0.25, -0.2) is 0 Å². The molecule has 1 aromatic rings. The number of hydrogen-bond donors (Lipinski definition) is 2. The quantitative estimate of drug-likeness (QED) is 0.849. The van der Waals surface area contributed by atoms with Crippen LogP contribution in [0.4, 0.5) is 0 Å². The van der Waals surface area contributed by atoms with Crippen molar-refractivity contribution in [3.05, 3.63) is 34.2 Å². The molecule has 2 rings (SSSR count). The zero-order chi connectivity index (χ0) is 13.8. The van der Waals surface area contributed by atoms with Crippen molar-refractivity contribution in [2.45, 2.75) is 26.3 Å². The summed E-state index contributed by atoms with van der Waals surface area (Å²) in [5.41, 5.74) is 0.235. The molecule has 0 saturated carbocycles. The fourth-order valence-corrected chi connectivity index (χ4v) is 2.66. The van der Waals surface area contributed by atoms with Crippen LogP contribution < -0.4 is 10.9 Å². The standard InChI is InChI=1S/C14H21N3O2/c1-3-15-12-5-7-17(9-10(12)2)14(19)11-4-6-16-13(18)8-11/h4,6,8,10,12,15H,3,5,7,9H2,1-2H3,(H,16,18). The first-order valence-corrected chi connectivity index (χ1v) is 6.83. The fourth-order valence-electron chi connectivity index (χ4n) is 2.66. The van der Waals surface area contributed by atoms with Crippen LogP contribution in [-0.2, 0) is 0 Å². The molecule has 1 aliphatic rings. The molecule has 5 nitrogen and oxygen atoms in total. The number of nitrogens with one attached hydrogen (secondary N) is 2. The molecule has 2 atom stereocenters. The molecule has 1 fully saturated rings. The molecule has 2 N–H and O–H groups in total. The summed E-state index contributed by atoms with van der Waals surface area (Å²) in [6.45, 7) is 6.69. The molecule has 0 aliphatic carbocycles. The minimum Gasteiger partial charge on any atom is -0.338 e. The first-order chi connectivity index (χ1) is 9.11. The number of aromatic amines is 1. The van der Waals surface area contributed by atoms with Gasteiger partial charge in [-0.1, -0.05) is 13.8 Å². The van der Waals surface area contributed by atoms with Gasteiger partial charge in [-0.3, -0.25) is 9.59 Å². The molecule has 1 saturated heterocycles. The van der Waals surface area contributed by atoms with Crippen LogP contribution in [0.2, 0.25) is 0 Å². The van der Waals surface area contributed by atoms with Crippen LogP contribution in [0.15, 0.2) is 23.1 Å². The van der Waals surface area contributed by atoms with Gasteiger partial charge in [-0.05, 0) is 24.9 Å². The summed E-state index contributed by atoms with van der Waals surface area (Å²) in [4.78, 5) is 27.9. The first-order valence-electron chi connectivity index (χ1n) is 6.83. The Balaban J connectivity index is 2.04. The lowest BCUT2D eigenvalue weighted by Gasteiger charge is -2.37. The van der Waals surface area contributed by atoms with Gasteiger partial charge in [0.1, 0.15) is 0 Å². The molecule has 0 spiro atoms. The number of pyridine rings is 1. The van der Waals surface area contributed by atoms with Crippen LogP contribution in [0, 0.1) is 5.92 Å². The van der Waals surface area contributed by atoms with Gasteiger partial charge in [0, 0.05) is 37.0 Å². The van der Waals surface area contributed by atoms with E-state index in [4.69, 9.17) is 0 Å². The fraction of sp³-hybridized carbons (Fsp3) is 0.571. The van der Waals surface area contributed by atoms with Crippen molar-refractivity contribution < 1.29 is 4.79 Å². The Morgan fingerprint density at radius 2 is 2.37 bits per heavy atom. The van der Waals surface area contributed by atoms with Crippen LogP contribution in [0.1, 0.15) is 30.6 Å². The highest BCUT2D eigenvalue weighted by Gasteiger charge is 2.28. The maximum Gasteiger partial charge on any atom is 0.254 e. The topological polar surface area (TPSA) is 65.2 Å². The number of rotatable bonds is 3. The van der Waals surface area contributed by atoms with Gasteiger partial charge in [-0.15, -0.1) is 0 Å². The smallest absolute Gasteiger partial charge is 0.254 e. The van der Waals surface area contributed by atoms with E-state index >= 15 is 0 Å². The number of aromatic nitrogens is 1. The Hall–Kier alpha value is -1.62. The Kier molecular flexibility index (Phi) is 4.37. The van der Waals surface area contributed by atoms with Crippen molar-refractivity contribution >= 4 is 5.91 Å². The first kappa shape index (κ1) is 13.8. The molecule has 1 aliphatic heterocycles. The lowest BCUT2D eigenvalue weighted by molar-refractivity contribution is 0.0646. The van der Waals surface area contributed by atoms with Crippen molar-refractivity contribution in [3.63, 3.8) is 0 Å². The number of carbonyl (C=O) groups excluding carboxylic acids is 1. The summed E-state index contributed by atoms with van der Waals surface area (Å²) in [5, 5.41) is 3.45. The van der Waals surface area contributed by atoms with Crippen molar-refractivity contribution in [1.82, 2.24) is 15.2 Å². The van der Waals surface area contributed by atoms with E-state index < -0.39 is 0 Å². The number of hydrogen-bond acceptors (Lipinski definition) is 3. The second-order valence-corrected chi connectivity index (χ2v) is 5.12. The lowest BCUT2D eigenvalue weighted by Crippen LogP contribution is -2.50. The number of nitrogens with zero attached hydrogens (tertiary/aromatic N) is 1. The second kappa shape index (κ2) is 6.02. The van der Waals surface area contributed by atoms with E-state index in [9.17, 15) is 9.59 Å². The molecule has 2 unspecified atom stereocenters. The molecule has 1 amide bonds. The van der Waals surface area contributed by atoms with Gasteiger partial charge in [0.2, 0.25) is 5.56 Å². The predicted octanol–water partition coefficient (Wildman–Crippen LogP) is 0.835. The minimum atomic E-state index is -0.235. The molecule has 5 heteroatoms. The summed E-state index contributed by atoms with van der Waals surface area (Å²) < 4.78 is 0. The van der Waals surface area contributed by atoms with Crippen molar-refractivity contribution in [2.24, 2.45) is 5.92 Å². The lowest BCUT2D eigenvalue weighted by atomic mass is 9.93. The molecule has 19 heavy (non-hydrogen) atoms. The zero-order valence-corrected chi connectivity index (χ0v) is 11.5. The molecule has 0 aromatic carbocycles. The maximum absolute atomic E-state index is 12.3. The van der Waals surface area contributed by atoms with Crippen LogP contribution in [0.25, 0.3) is 0 Å². The van der Waals surface area contributed by atoms with Gasteiger partial charge in [0.15, 0.2) is 0 Å². The predicted molar refractivity (Wildman–Crippen MR) is 74.2 cm³/mol. The third-order valence-corrected chi connectivity index (χ3v) is 3.68. The average Bonchev–Trinajstić information content (AvgIpc) is 2.40. The molecule has 0 bridgehead atoms. The Labute approximate surface area is 113 Å². The maximum atomic E-state index is 12.3. The van der Waals surface area contributed by atoms with Crippen molar-refractivity contribution in [1.29, 1.82) is 0 Å². The second-order valence-electron chi connectivity index (χ2n) is 5.12. The van der Waals surface area contributed by atoms with Gasteiger partial charge in [-0.2, -0.15) is 0 Å². The van der Waals surface area contributed by atoms with E-state index in [1.165, 1.54) is 12.3 Å². The number of carbonyl (C=O) groups is 1. The summed E-state index contributed by atoms with van der Waals surface area (Å²) in [6, 6.07) is 3.50. The van der Waals surface area contributed by atoms with Crippen LogP contribution in [0.3, 0.4) is 0 Å². The van der Waals surface area contributed by atoms with E-state index in [2.05, 4.69) is 24.1 Å². The summed E-state index contributed by atoms with van der Waals surface area (Å²) in [6.07, 6.45) is 2.48. The van der Waals surface area contributed by atoms with E-state index in [0.717, 1.165) is 26.1 Å². The van der Waals surface area contributed by atoms with E-state index in [-0.39, 0.29) is 11.5 Å². The Morgan fingerprint density at radius 3 is 3.00 bits per heavy atom. The number of piperidine rings is 1. The van der Waals surface area contributed by atoms with Crippen LogP contribution in [0.5, 0.6) is 0 Å². The monoisotopic (exact) mass is 263 g/mol. The summed E-state index contributed by atoms with van der Waals surface area (Å²) in [5.74, 6) is 0.382. The third kappa shape index (κ3) is 3.23. The molecular formula is C14H21N3O2. The van der Waals surface area contributed by atoms with Crippen LogP contribution >= 0.6 is 0 Å². The zero-order valence-electron chi connectivity index (χ0n) is 11.5. The highest BCUT2D eigenvalue weighted by Crippen LogP contribution is 2.18. The van der Waals surface area contributed by atoms with Gasteiger partial charge >= 0.3 is 0 Å². The highest BCUT2D eigenvalue weighted by atomic mass is 16.2. The summed E-state index contributed by atoms with van der Waals surface area (Å²) >= 11 is 0. The molecule has 1 aromatic heterocycles. The SMILES string of the molecule is CCNC1CCN(C(=O)c2cc[nH]c(=O)c2)CC1C. The minimum absolute atomic E-state index is 0.0482. The molecule has 2 heterocycles. The third-order valence-electron chi connectivity index (χ3n) is 3.68. The van der Waals surface area contributed by atoms with E-state index in [1.807, 2.05) is 4.90 Å². The normalized spacial score (nSPS) is 23.4. The molecular weight excluding hydrogens is 242 g/mol. The van der Waals surface area contributed by atoms with Crippen molar-refractivity contribution in [3.8, 4) is 0 Å². The number of amides is 1. The van der Waals surface area contributed by atoms with E-state index in [0.29, 0.717) is 17.5 Å². The number of likely N-dealkylation sites (tertiary alicyclic amines) is 1. The summed E-state index contributed by atoms with van der Waals surface area (Å²) in [7, 11) is 0. The highest BCUT2D eigenvalue weighted by molar-refractivity contribution is 5.94. The van der Waals surface area contributed by atoms with Crippen molar-refractivity contribution in [2.75, 3.05) is 19.6 Å². The molecule has 104 valence electrons. The van der Waals surface area contributed by atoms with Gasteiger partial charge in [0.25, 0.3) is 5.91 Å². The number of H-pyrrole nitrogens is 1. The molecule has 0 radical (unpaired) electrons. The largest absolute Gasteiger partial charge is 0.338 e. The Bertz CT molecular complexity index is 497. The van der Waals surface area contributed by atoms with Gasteiger partial charge in [0.05, 0.1) is 0 Å².